The molecule has 23 heavy (non-hydrogen) atoms. The van der Waals surface area contributed by atoms with Crippen molar-refractivity contribution in [3.63, 3.8) is 0 Å². The number of pyridine rings is 1. The van der Waals surface area contributed by atoms with E-state index in [4.69, 9.17) is 21.4 Å². The molecule has 0 bridgehead atoms. The lowest BCUT2D eigenvalue weighted by molar-refractivity contribution is 0.0689. The average Bonchev–Trinajstić information content (AvgIpc) is 2.52. The summed E-state index contributed by atoms with van der Waals surface area (Å²) in [5.41, 5.74) is 0.560. The highest BCUT2D eigenvalue weighted by Gasteiger charge is 2.14. The van der Waals surface area contributed by atoms with Crippen molar-refractivity contribution in [1.29, 1.82) is 0 Å². The number of carbonyl (C=O) groups excluding carboxylic acids is 1. The number of nitrogens with one attached hydrogen (secondary N) is 1. The monoisotopic (exact) mass is 334 g/mol. The van der Waals surface area contributed by atoms with Crippen LogP contribution >= 0.6 is 11.6 Å². The molecule has 2 rings (SSSR count). The van der Waals surface area contributed by atoms with Crippen molar-refractivity contribution < 1.29 is 19.4 Å². The molecule has 0 aliphatic carbocycles. The molecule has 0 unspecified atom stereocenters. The summed E-state index contributed by atoms with van der Waals surface area (Å²) in [5, 5.41) is 12.3. The van der Waals surface area contributed by atoms with Crippen LogP contribution in [0.15, 0.2) is 36.4 Å². The molecular weight excluding hydrogens is 320 g/mol. The van der Waals surface area contributed by atoms with Crippen molar-refractivity contribution >= 4 is 23.5 Å². The van der Waals surface area contributed by atoms with E-state index in [1.165, 1.54) is 12.1 Å². The highest BCUT2D eigenvalue weighted by atomic mass is 35.5. The van der Waals surface area contributed by atoms with E-state index in [-0.39, 0.29) is 23.7 Å². The van der Waals surface area contributed by atoms with Crippen molar-refractivity contribution in [2.45, 2.75) is 13.5 Å². The largest absolute Gasteiger partial charge is 0.494 e. The van der Waals surface area contributed by atoms with Crippen LogP contribution in [-0.2, 0) is 6.54 Å². The lowest BCUT2D eigenvalue weighted by Crippen LogP contribution is -2.24. The Morgan fingerprint density at radius 3 is 2.65 bits per heavy atom. The van der Waals surface area contributed by atoms with E-state index in [1.54, 1.807) is 25.1 Å². The number of benzene rings is 1. The summed E-state index contributed by atoms with van der Waals surface area (Å²) in [6.07, 6.45) is 0. The van der Waals surface area contributed by atoms with E-state index >= 15 is 0 Å². The first-order valence-electron chi connectivity index (χ1n) is 6.90. The molecule has 7 heteroatoms. The van der Waals surface area contributed by atoms with Crippen molar-refractivity contribution in [1.82, 2.24) is 10.3 Å². The summed E-state index contributed by atoms with van der Waals surface area (Å²) in [7, 11) is 0. The minimum atomic E-state index is -1.23. The van der Waals surface area contributed by atoms with E-state index < -0.39 is 11.9 Å². The van der Waals surface area contributed by atoms with Crippen molar-refractivity contribution in [2.75, 3.05) is 6.61 Å². The zero-order valence-corrected chi connectivity index (χ0v) is 13.1. The third-order valence-electron chi connectivity index (χ3n) is 2.90. The first kappa shape index (κ1) is 16.8. The summed E-state index contributed by atoms with van der Waals surface area (Å²) < 4.78 is 5.27. The van der Waals surface area contributed by atoms with Gasteiger partial charge in [-0.2, -0.15) is 0 Å². The highest BCUT2D eigenvalue weighted by Crippen LogP contribution is 2.15. The summed E-state index contributed by atoms with van der Waals surface area (Å²) in [6.45, 7) is 2.37. The van der Waals surface area contributed by atoms with Gasteiger partial charge in [0, 0.05) is 23.7 Å². The molecule has 1 heterocycles. The minimum absolute atomic E-state index is 0.0182. The molecule has 120 valence electrons. The summed E-state index contributed by atoms with van der Waals surface area (Å²) in [5.74, 6) is -1.43. The number of carboxylic acid groups (broad SMARTS) is 1. The standard InChI is InChI=1S/C16H15ClN2O4/c1-2-23-12-7-13(19-14(8-12)16(21)22)15(20)18-9-10-4-3-5-11(17)6-10/h3-8H,2,9H2,1H3,(H,18,20)(H,21,22). The number of nitrogens with zero attached hydrogens (tertiary/aromatic N) is 1. The fourth-order valence-electron chi connectivity index (χ4n) is 1.90. The Hall–Kier alpha value is -2.60. The van der Waals surface area contributed by atoms with Gasteiger partial charge in [0.2, 0.25) is 0 Å². The number of aromatic nitrogens is 1. The van der Waals surface area contributed by atoms with Crippen LogP contribution in [0.3, 0.4) is 0 Å². The van der Waals surface area contributed by atoms with Crippen LogP contribution in [0.1, 0.15) is 33.5 Å². The maximum atomic E-state index is 12.2. The SMILES string of the molecule is CCOc1cc(C(=O)O)nc(C(=O)NCc2cccc(Cl)c2)c1. The van der Waals surface area contributed by atoms with Gasteiger partial charge >= 0.3 is 5.97 Å². The van der Waals surface area contributed by atoms with E-state index in [9.17, 15) is 9.59 Å². The molecule has 0 aliphatic heterocycles. The average molecular weight is 335 g/mol. The maximum absolute atomic E-state index is 12.2. The zero-order valence-electron chi connectivity index (χ0n) is 12.4. The predicted octanol–water partition coefficient (Wildman–Crippen LogP) is 2.76. The molecule has 0 saturated carbocycles. The molecule has 1 aromatic heterocycles. The number of hydrogen-bond acceptors (Lipinski definition) is 4. The summed E-state index contributed by atoms with van der Waals surface area (Å²) >= 11 is 5.88. The second kappa shape index (κ2) is 7.60. The molecule has 0 aliphatic rings. The van der Waals surface area contributed by atoms with Crippen LogP contribution < -0.4 is 10.1 Å². The molecule has 0 radical (unpaired) electrons. The van der Waals surface area contributed by atoms with Crippen molar-refractivity contribution in [3.8, 4) is 5.75 Å². The molecule has 0 fully saturated rings. The van der Waals surface area contributed by atoms with Crippen LogP contribution in [-0.4, -0.2) is 28.6 Å². The number of rotatable bonds is 6. The Morgan fingerprint density at radius 2 is 2.00 bits per heavy atom. The number of carboxylic acids is 1. The maximum Gasteiger partial charge on any atom is 0.354 e. The van der Waals surface area contributed by atoms with Gasteiger partial charge in [-0.05, 0) is 24.6 Å². The Balaban J connectivity index is 2.16. The van der Waals surface area contributed by atoms with E-state index in [0.717, 1.165) is 5.56 Å². The van der Waals surface area contributed by atoms with Gasteiger partial charge in [0.1, 0.15) is 11.4 Å². The Labute approximate surface area is 138 Å². The number of hydrogen-bond donors (Lipinski definition) is 2. The van der Waals surface area contributed by atoms with Gasteiger partial charge in [-0.1, -0.05) is 23.7 Å². The van der Waals surface area contributed by atoms with Gasteiger partial charge in [0.25, 0.3) is 5.91 Å². The van der Waals surface area contributed by atoms with Gasteiger partial charge in [-0.25, -0.2) is 9.78 Å². The summed E-state index contributed by atoms with van der Waals surface area (Å²) in [4.78, 5) is 27.1. The fourth-order valence-corrected chi connectivity index (χ4v) is 2.11. The zero-order chi connectivity index (χ0) is 16.8. The van der Waals surface area contributed by atoms with E-state index in [0.29, 0.717) is 11.6 Å². The van der Waals surface area contributed by atoms with Crippen molar-refractivity contribution in [2.24, 2.45) is 0 Å². The van der Waals surface area contributed by atoms with Gasteiger partial charge in [-0.3, -0.25) is 4.79 Å². The van der Waals surface area contributed by atoms with Gasteiger partial charge < -0.3 is 15.2 Å². The molecule has 1 aromatic carbocycles. The quantitative estimate of drug-likeness (QED) is 0.848. The number of halogens is 1. The van der Waals surface area contributed by atoms with Crippen LogP contribution in [0.5, 0.6) is 5.75 Å². The minimum Gasteiger partial charge on any atom is -0.494 e. The number of carbonyl (C=O) groups is 2. The van der Waals surface area contributed by atoms with Crippen molar-refractivity contribution in [3.05, 3.63) is 58.4 Å². The van der Waals surface area contributed by atoms with Crippen LogP contribution in [0.4, 0.5) is 0 Å². The first-order valence-corrected chi connectivity index (χ1v) is 7.28. The summed E-state index contributed by atoms with van der Waals surface area (Å²) in [6, 6.07) is 9.75. The molecule has 1 amide bonds. The molecule has 0 spiro atoms. The second-order valence-electron chi connectivity index (χ2n) is 4.62. The Morgan fingerprint density at radius 1 is 1.26 bits per heavy atom. The number of aromatic carboxylic acids is 1. The third kappa shape index (κ3) is 4.69. The third-order valence-corrected chi connectivity index (χ3v) is 3.14. The molecule has 6 nitrogen and oxygen atoms in total. The Bertz CT molecular complexity index is 734. The number of ether oxygens (including phenoxy) is 1. The Kier molecular flexibility index (Phi) is 5.54. The first-order chi connectivity index (χ1) is 11.0. The molecule has 2 N–H and O–H groups in total. The van der Waals surface area contributed by atoms with Crippen LogP contribution in [0.25, 0.3) is 0 Å². The molecule has 0 saturated heterocycles. The fraction of sp³-hybridized carbons (Fsp3) is 0.188. The highest BCUT2D eigenvalue weighted by molar-refractivity contribution is 6.30. The molecule has 0 atom stereocenters. The van der Waals surface area contributed by atoms with Crippen LogP contribution in [0, 0.1) is 0 Å². The topological polar surface area (TPSA) is 88.5 Å². The van der Waals surface area contributed by atoms with Gasteiger partial charge in [0.15, 0.2) is 5.69 Å². The van der Waals surface area contributed by atoms with Crippen LogP contribution in [0.2, 0.25) is 5.02 Å². The second-order valence-corrected chi connectivity index (χ2v) is 5.06. The van der Waals surface area contributed by atoms with Gasteiger partial charge in [-0.15, -0.1) is 0 Å². The van der Waals surface area contributed by atoms with E-state index in [2.05, 4.69) is 10.3 Å². The predicted molar refractivity (Wildman–Crippen MR) is 85.0 cm³/mol. The lowest BCUT2D eigenvalue weighted by atomic mass is 10.2. The lowest BCUT2D eigenvalue weighted by Gasteiger charge is -2.09. The molecular formula is C16H15ClN2O4. The molecule has 2 aromatic rings. The normalized spacial score (nSPS) is 10.2. The smallest absolute Gasteiger partial charge is 0.354 e. The van der Waals surface area contributed by atoms with E-state index in [1.807, 2.05) is 6.07 Å². The van der Waals surface area contributed by atoms with Gasteiger partial charge in [0.05, 0.1) is 6.61 Å². The number of amides is 1.